The molecule has 1 atom stereocenters. The fraction of sp³-hybridized carbons (Fsp3) is 0.722. The van der Waals surface area contributed by atoms with Crippen molar-refractivity contribution in [2.24, 2.45) is 10.9 Å². The van der Waals surface area contributed by atoms with Crippen molar-refractivity contribution in [3.8, 4) is 0 Å². The smallest absolute Gasteiger partial charge is 0.191 e. The predicted octanol–water partition coefficient (Wildman–Crippen LogP) is 2.85. The lowest BCUT2D eigenvalue weighted by atomic mass is 10.0. The maximum absolute atomic E-state index is 5.35. The van der Waals surface area contributed by atoms with Crippen LogP contribution in [0.4, 0.5) is 0 Å². The summed E-state index contributed by atoms with van der Waals surface area (Å²) in [6, 6.07) is 4.45. The summed E-state index contributed by atoms with van der Waals surface area (Å²) in [5.41, 5.74) is 0. The lowest BCUT2D eigenvalue weighted by molar-refractivity contribution is 0.213. The first kappa shape index (κ1) is 17.9. The lowest BCUT2D eigenvalue weighted by Crippen LogP contribution is -2.47. The summed E-state index contributed by atoms with van der Waals surface area (Å²) in [6.07, 6.45) is 5.59. The number of likely N-dealkylation sites (tertiary alicyclic amines) is 1. The van der Waals surface area contributed by atoms with Crippen molar-refractivity contribution in [1.29, 1.82) is 0 Å². The van der Waals surface area contributed by atoms with Crippen LogP contribution in [-0.4, -0.2) is 43.1 Å². The average Bonchev–Trinajstić information content (AvgIpc) is 3.21. The number of nitrogens with one attached hydrogen (secondary N) is 2. The van der Waals surface area contributed by atoms with Crippen LogP contribution < -0.4 is 10.6 Å². The van der Waals surface area contributed by atoms with Crippen molar-refractivity contribution in [3.05, 3.63) is 24.2 Å². The number of furan rings is 1. The van der Waals surface area contributed by atoms with Gasteiger partial charge in [-0.3, -0.25) is 4.90 Å². The largest absolute Gasteiger partial charge is 0.467 e. The standard InChI is InChI=1S/C18H32N4O/c1-4-19-18(21-14-17-8-7-11-23-17)20-13-16(12-15(2)3)22-9-5-6-10-22/h7-8,11,15-16H,4-6,9-10,12-14H2,1-3H3,(H2,19,20,21). The predicted molar refractivity (Wildman–Crippen MR) is 95.6 cm³/mol. The van der Waals surface area contributed by atoms with E-state index in [0.29, 0.717) is 18.5 Å². The van der Waals surface area contributed by atoms with Crippen LogP contribution in [0.5, 0.6) is 0 Å². The SMILES string of the molecule is CCNC(=NCc1ccco1)NCC(CC(C)C)N1CCCC1. The Hall–Kier alpha value is -1.49. The molecule has 0 bridgehead atoms. The molecule has 2 heterocycles. The molecule has 0 spiro atoms. The van der Waals surface area contributed by atoms with Gasteiger partial charge >= 0.3 is 0 Å². The zero-order valence-corrected chi connectivity index (χ0v) is 14.8. The first-order chi connectivity index (χ1) is 11.2. The summed E-state index contributed by atoms with van der Waals surface area (Å²) in [5.74, 6) is 2.47. The summed E-state index contributed by atoms with van der Waals surface area (Å²) in [6.45, 7) is 11.6. The second kappa shape index (κ2) is 9.60. The molecule has 1 unspecified atom stereocenters. The molecular formula is C18H32N4O. The number of rotatable bonds is 8. The Morgan fingerprint density at radius 1 is 1.30 bits per heavy atom. The zero-order valence-electron chi connectivity index (χ0n) is 14.8. The summed E-state index contributed by atoms with van der Waals surface area (Å²) in [7, 11) is 0. The molecule has 0 aromatic carbocycles. The first-order valence-corrected chi connectivity index (χ1v) is 8.97. The van der Waals surface area contributed by atoms with Crippen LogP contribution >= 0.6 is 0 Å². The van der Waals surface area contributed by atoms with Crippen LogP contribution in [0.2, 0.25) is 0 Å². The van der Waals surface area contributed by atoms with E-state index >= 15 is 0 Å². The van der Waals surface area contributed by atoms with Gasteiger partial charge in [0.05, 0.1) is 6.26 Å². The molecule has 1 fully saturated rings. The van der Waals surface area contributed by atoms with Gasteiger partial charge in [0, 0.05) is 19.1 Å². The van der Waals surface area contributed by atoms with Gasteiger partial charge in [-0.25, -0.2) is 4.99 Å². The summed E-state index contributed by atoms with van der Waals surface area (Å²) in [4.78, 5) is 7.24. The normalized spacial score (nSPS) is 17.7. The molecule has 0 saturated carbocycles. The van der Waals surface area contributed by atoms with E-state index in [0.717, 1.165) is 24.8 Å². The van der Waals surface area contributed by atoms with E-state index in [-0.39, 0.29) is 0 Å². The Bertz CT molecular complexity index is 450. The topological polar surface area (TPSA) is 52.8 Å². The third-order valence-electron chi connectivity index (χ3n) is 4.22. The molecule has 1 saturated heterocycles. The van der Waals surface area contributed by atoms with Crippen molar-refractivity contribution in [1.82, 2.24) is 15.5 Å². The van der Waals surface area contributed by atoms with Crippen LogP contribution in [0, 0.1) is 5.92 Å². The second-order valence-corrected chi connectivity index (χ2v) is 6.68. The minimum atomic E-state index is 0.570. The van der Waals surface area contributed by atoms with Crippen LogP contribution in [0.3, 0.4) is 0 Å². The Morgan fingerprint density at radius 2 is 2.09 bits per heavy atom. The Morgan fingerprint density at radius 3 is 2.70 bits per heavy atom. The van der Waals surface area contributed by atoms with Crippen molar-refractivity contribution in [2.45, 2.75) is 52.6 Å². The molecule has 0 aliphatic carbocycles. The lowest BCUT2D eigenvalue weighted by Gasteiger charge is -2.29. The highest BCUT2D eigenvalue weighted by molar-refractivity contribution is 5.79. The highest BCUT2D eigenvalue weighted by Crippen LogP contribution is 2.17. The number of hydrogen-bond donors (Lipinski definition) is 2. The fourth-order valence-electron chi connectivity index (χ4n) is 3.13. The Balaban J connectivity index is 1.89. The molecule has 23 heavy (non-hydrogen) atoms. The number of nitrogens with zero attached hydrogens (tertiary/aromatic N) is 2. The molecule has 1 aliphatic heterocycles. The van der Waals surface area contributed by atoms with Gasteiger partial charge in [0.15, 0.2) is 5.96 Å². The highest BCUT2D eigenvalue weighted by atomic mass is 16.3. The molecule has 5 heteroatoms. The molecule has 130 valence electrons. The van der Waals surface area contributed by atoms with E-state index in [1.165, 1.54) is 32.4 Å². The zero-order chi connectivity index (χ0) is 16.5. The minimum Gasteiger partial charge on any atom is -0.467 e. The van der Waals surface area contributed by atoms with Gasteiger partial charge in [0.25, 0.3) is 0 Å². The van der Waals surface area contributed by atoms with E-state index in [1.807, 2.05) is 12.1 Å². The first-order valence-electron chi connectivity index (χ1n) is 8.97. The quantitative estimate of drug-likeness (QED) is 0.571. The van der Waals surface area contributed by atoms with Crippen LogP contribution in [0.1, 0.15) is 45.8 Å². The van der Waals surface area contributed by atoms with Gasteiger partial charge in [-0.15, -0.1) is 0 Å². The molecule has 2 N–H and O–H groups in total. The minimum absolute atomic E-state index is 0.570. The number of aliphatic imine (C=N–C) groups is 1. The van der Waals surface area contributed by atoms with Crippen molar-refractivity contribution in [2.75, 3.05) is 26.2 Å². The maximum Gasteiger partial charge on any atom is 0.191 e. The van der Waals surface area contributed by atoms with Gasteiger partial charge in [-0.2, -0.15) is 0 Å². The Labute approximate surface area is 140 Å². The second-order valence-electron chi connectivity index (χ2n) is 6.68. The molecular weight excluding hydrogens is 288 g/mol. The van der Waals surface area contributed by atoms with E-state index < -0.39 is 0 Å². The average molecular weight is 320 g/mol. The van der Waals surface area contributed by atoms with Crippen molar-refractivity contribution >= 4 is 5.96 Å². The summed E-state index contributed by atoms with van der Waals surface area (Å²) in [5, 5.41) is 6.84. The van der Waals surface area contributed by atoms with E-state index in [9.17, 15) is 0 Å². The third kappa shape index (κ3) is 6.26. The van der Waals surface area contributed by atoms with Crippen molar-refractivity contribution < 1.29 is 4.42 Å². The monoisotopic (exact) mass is 320 g/mol. The molecule has 0 amide bonds. The van der Waals surface area contributed by atoms with Gasteiger partial charge in [-0.1, -0.05) is 13.8 Å². The van der Waals surface area contributed by atoms with Crippen LogP contribution in [-0.2, 0) is 6.54 Å². The molecule has 1 aliphatic rings. The van der Waals surface area contributed by atoms with Gasteiger partial charge in [0.2, 0.25) is 0 Å². The third-order valence-corrected chi connectivity index (χ3v) is 4.22. The molecule has 0 radical (unpaired) electrons. The van der Waals surface area contributed by atoms with Gasteiger partial charge < -0.3 is 15.1 Å². The molecule has 1 aromatic heterocycles. The van der Waals surface area contributed by atoms with E-state index in [2.05, 4.69) is 41.3 Å². The fourth-order valence-corrected chi connectivity index (χ4v) is 3.13. The van der Waals surface area contributed by atoms with E-state index in [1.54, 1.807) is 6.26 Å². The molecule has 5 nitrogen and oxygen atoms in total. The highest BCUT2D eigenvalue weighted by Gasteiger charge is 2.22. The number of guanidine groups is 1. The van der Waals surface area contributed by atoms with Crippen LogP contribution in [0.15, 0.2) is 27.8 Å². The number of hydrogen-bond acceptors (Lipinski definition) is 3. The molecule has 2 rings (SSSR count). The van der Waals surface area contributed by atoms with Gasteiger partial charge in [-0.05, 0) is 57.3 Å². The summed E-state index contributed by atoms with van der Waals surface area (Å²) < 4.78 is 5.35. The van der Waals surface area contributed by atoms with Gasteiger partial charge in [0.1, 0.15) is 12.3 Å². The summed E-state index contributed by atoms with van der Waals surface area (Å²) >= 11 is 0. The molecule has 1 aromatic rings. The van der Waals surface area contributed by atoms with Crippen LogP contribution in [0.25, 0.3) is 0 Å². The maximum atomic E-state index is 5.35. The van der Waals surface area contributed by atoms with Crippen molar-refractivity contribution in [3.63, 3.8) is 0 Å². The van der Waals surface area contributed by atoms with E-state index in [4.69, 9.17) is 4.42 Å². The Kier molecular flexibility index (Phi) is 7.46.